The van der Waals surface area contributed by atoms with Crippen LogP contribution in [0.15, 0.2) is 17.0 Å². The van der Waals surface area contributed by atoms with E-state index in [4.69, 9.17) is 11.6 Å². The van der Waals surface area contributed by atoms with Crippen molar-refractivity contribution in [3.63, 3.8) is 0 Å². The van der Waals surface area contributed by atoms with Gasteiger partial charge in [-0.2, -0.15) is 13.2 Å². The third-order valence-corrected chi connectivity index (χ3v) is 4.79. The minimum Gasteiger partial charge on any atom is -0.276 e. The van der Waals surface area contributed by atoms with E-state index < -0.39 is 37.5 Å². The number of carbonyl (C=O) groups excluding carboxylic acids is 1. The van der Waals surface area contributed by atoms with Crippen molar-refractivity contribution in [2.45, 2.75) is 31.3 Å². The van der Waals surface area contributed by atoms with Gasteiger partial charge in [0.15, 0.2) is 9.84 Å². The lowest BCUT2D eigenvalue weighted by atomic mass is 10.0. The molecule has 0 aliphatic carbocycles. The van der Waals surface area contributed by atoms with E-state index in [1.165, 1.54) is 6.92 Å². The predicted octanol–water partition coefficient (Wildman–Crippen LogP) is 3.44. The Balaban J connectivity index is 3.79. The zero-order valence-corrected chi connectivity index (χ0v) is 12.3. The smallest absolute Gasteiger partial charge is 0.276 e. The number of alkyl halides is 3. The largest absolute Gasteiger partial charge is 0.417 e. The molecule has 1 aromatic rings. The van der Waals surface area contributed by atoms with Gasteiger partial charge in [0.1, 0.15) is 0 Å². The lowest BCUT2D eigenvalue weighted by Gasteiger charge is -2.16. The summed E-state index contributed by atoms with van der Waals surface area (Å²) in [6, 6.07) is 1.40. The van der Waals surface area contributed by atoms with E-state index in [0.717, 1.165) is 6.07 Å². The summed E-state index contributed by atoms with van der Waals surface area (Å²) in [5.74, 6) is -0.465. The lowest BCUT2D eigenvalue weighted by molar-refractivity contribution is -0.139. The molecule has 0 aliphatic rings. The average Bonchev–Trinajstić information content (AvgIpc) is 2.35. The van der Waals surface area contributed by atoms with Gasteiger partial charge >= 0.3 is 6.18 Å². The van der Waals surface area contributed by atoms with Gasteiger partial charge in [-0.15, -0.1) is 0 Å². The summed E-state index contributed by atoms with van der Waals surface area (Å²) in [6.07, 6.45) is -4.69. The summed E-state index contributed by atoms with van der Waals surface area (Å²) in [6.45, 7) is 2.84. The SMILES string of the molecule is CCc1cc(S(=O)(=O)CC)c(C(F)(F)F)cc1C(=O)Cl. The molecule has 0 atom stereocenters. The maximum Gasteiger partial charge on any atom is 0.417 e. The van der Waals surface area contributed by atoms with Crippen molar-refractivity contribution in [1.82, 2.24) is 0 Å². The first-order valence-electron chi connectivity index (χ1n) is 5.71. The standard InChI is InChI=1S/C12H12ClF3O3S/c1-3-7-5-10(20(18,19)4-2)9(12(14,15)16)6-8(7)11(13)17/h5-6H,3-4H2,1-2H3. The highest BCUT2D eigenvalue weighted by molar-refractivity contribution is 7.91. The Kier molecular flexibility index (Phi) is 4.86. The van der Waals surface area contributed by atoms with E-state index >= 15 is 0 Å². The summed E-state index contributed by atoms with van der Waals surface area (Å²) in [5.41, 5.74) is -1.51. The minimum absolute atomic E-state index is 0.171. The first-order chi connectivity index (χ1) is 9.04. The molecule has 0 amide bonds. The molecule has 0 heterocycles. The van der Waals surface area contributed by atoms with Crippen LogP contribution in [0.2, 0.25) is 0 Å². The van der Waals surface area contributed by atoms with Crippen molar-refractivity contribution in [3.8, 4) is 0 Å². The van der Waals surface area contributed by atoms with Crippen molar-refractivity contribution in [3.05, 3.63) is 28.8 Å². The van der Waals surface area contributed by atoms with Gasteiger partial charge in [0.05, 0.1) is 16.2 Å². The third-order valence-electron chi connectivity index (χ3n) is 2.82. The van der Waals surface area contributed by atoms with Crippen molar-refractivity contribution in [2.75, 3.05) is 5.75 Å². The van der Waals surface area contributed by atoms with Crippen molar-refractivity contribution >= 4 is 26.7 Å². The molecule has 0 bridgehead atoms. The normalized spacial score (nSPS) is 12.5. The molecule has 0 N–H and O–H groups in total. The van der Waals surface area contributed by atoms with Crippen LogP contribution < -0.4 is 0 Å². The van der Waals surface area contributed by atoms with Crippen LogP contribution in [0.5, 0.6) is 0 Å². The van der Waals surface area contributed by atoms with Gasteiger partial charge in [-0.05, 0) is 35.7 Å². The molecule has 8 heteroatoms. The molecule has 0 aromatic heterocycles. The second kappa shape index (κ2) is 5.73. The van der Waals surface area contributed by atoms with Gasteiger partial charge < -0.3 is 0 Å². The molecule has 0 aliphatic heterocycles. The van der Waals surface area contributed by atoms with Gasteiger partial charge in [0.2, 0.25) is 0 Å². The second-order valence-electron chi connectivity index (χ2n) is 4.03. The molecular formula is C12H12ClF3O3S. The van der Waals surface area contributed by atoms with Crippen LogP contribution in [0.25, 0.3) is 0 Å². The van der Waals surface area contributed by atoms with Crippen LogP contribution in [0, 0.1) is 0 Å². The van der Waals surface area contributed by atoms with Crippen molar-refractivity contribution in [2.24, 2.45) is 0 Å². The van der Waals surface area contributed by atoms with Crippen LogP contribution in [-0.4, -0.2) is 19.4 Å². The maximum absolute atomic E-state index is 13.0. The van der Waals surface area contributed by atoms with Gasteiger partial charge in [-0.1, -0.05) is 13.8 Å². The molecule has 1 rings (SSSR count). The topological polar surface area (TPSA) is 51.2 Å². The van der Waals surface area contributed by atoms with E-state index in [1.54, 1.807) is 6.92 Å². The number of sulfone groups is 1. The zero-order valence-electron chi connectivity index (χ0n) is 10.7. The van der Waals surface area contributed by atoms with Gasteiger partial charge in [-0.3, -0.25) is 4.79 Å². The molecule has 0 radical (unpaired) electrons. The summed E-state index contributed by atoms with van der Waals surface area (Å²) in [4.78, 5) is 10.4. The first kappa shape index (κ1) is 17.0. The van der Waals surface area contributed by atoms with E-state index in [9.17, 15) is 26.4 Å². The number of carbonyl (C=O) groups is 1. The van der Waals surface area contributed by atoms with Crippen LogP contribution in [0.4, 0.5) is 13.2 Å². The Hall–Kier alpha value is -1.08. The summed E-state index contributed by atoms with van der Waals surface area (Å²) in [5, 5.41) is -1.05. The minimum atomic E-state index is -4.88. The number of hydrogen-bond donors (Lipinski definition) is 0. The first-order valence-corrected chi connectivity index (χ1v) is 7.74. The number of aryl methyl sites for hydroxylation is 1. The van der Waals surface area contributed by atoms with Gasteiger partial charge in [-0.25, -0.2) is 8.42 Å². The average molecular weight is 329 g/mol. The zero-order chi connectivity index (χ0) is 15.7. The fraction of sp³-hybridized carbons (Fsp3) is 0.417. The summed E-state index contributed by atoms with van der Waals surface area (Å²) < 4.78 is 62.5. The van der Waals surface area contributed by atoms with E-state index in [2.05, 4.69) is 0 Å². The molecule has 0 spiro atoms. The number of hydrogen-bond acceptors (Lipinski definition) is 3. The monoisotopic (exact) mass is 328 g/mol. The molecule has 0 unspecified atom stereocenters. The predicted molar refractivity (Wildman–Crippen MR) is 68.7 cm³/mol. The number of halogens is 4. The van der Waals surface area contributed by atoms with Gasteiger partial charge in [0.25, 0.3) is 5.24 Å². The van der Waals surface area contributed by atoms with Crippen molar-refractivity contribution < 1.29 is 26.4 Å². The van der Waals surface area contributed by atoms with Crippen molar-refractivity contribution in [1.29, 1.82) is 0 Å². The van der Waals surface area contributed by atoms with E-state index in [-0.39, 0.29) is 17.5 Å². The molecule has 112 valence electrons. The highest BCUT2D eigenvalue weighted by Crippen LogP contribution is 2.36. The molecule has 0 fully saturated rings. The fourth-order valence-corrected chi connectivity index (χ4v) is 3.05. The van der Waals surface area contributed by atoms with Crippen LogP contribution in [0.3, 0.4) is 0 Å². The Morgan fingerprint density at radius 1 is 1.25 bits per heavy atom. The summed E-state index contributed by atoms with van der Waals surface area (Å²) in [7, 11) is -4.06. The van der Waals surface area contributed by atoms with E-state index in [1.807, 2.05) is 0 Å². The second-order valence-corrected chi connectivity index (χ2v) is 6.62. The quantitative estimate of drug-likeness (QED) is 0.796. The molecular weight excluding hydrogens is 317 g/mol. The van der Waals surface area contributed by atoms with Gasteiger partial charge in [0, 0.05) is 5.56 Å². The number of benzene rings is 1. The highest BCUT2D eigenvalue weighted by Gasteiger charge is 2.38. The Morgan fingerprint density at radius 3 is 2.15 bits per heavy atom. The summed E-state index contributed by atoms with van der Waals surface area (Å²) >= 11 is 5.25. The maximum atomic E-state index is 13.0. The molecule has 0 saturated carbocycles. The molecule has 20 heavy (non-hydrogen) atoms. The fourth-order valence-electron chi connectivity index (χ4n) is 1.73. The number of rotatable bonds is 4. The molecule has 0 saturated heterocycles. The van der Waals surface area contributed by atoms with Crippen LogP contribution >= 0.6 is 11.6 Å². The highest BCUT2D eigenvalue weighted by atomic mass is 35.5. The van der Waals surface area contributed by atoms with Crippen LogP contribution in [0.1, 0.15) is 35.3 Å². The lowest BCUT2D eigenvalue weighted by Crippen LogP contribution is -2.17. The van der Waals surface area contributed by atoms with E-state index in [0.29, 0.717) is 6.07 Å². The Morgan fingerprint density at radius 2 is 1.80 bits per heavy atom. The Bertz CT molecular complexity index is 636. The molecule has 3 nitrogen and oxygen atoms in total. The van der Waals surface area contributed by atoms with Crippen LogP contribution in [-0.2, 0) is 22.4 Å². The third kappa shape index (κ3) is 3.32. The molecule has 1 aromatic carbocycles. The Labute approximate surface area is 119 Å².